The standard InChI is InChI=1S/C22H29FN2O/c1-17(19-8-9-22(26-2)21(23)16-19)24-20-11-14-25(15-12-20)13-10-18-6-4-3-5-7-18/h3-9,16-17,20,24H,10-15H2,1-2H3. The summed E-state index contributed by atoms with van der Waals surface area (Å²) in [7, 11) is 1.49. The Balaban J connectivity index is 1.44. The number of halogens is 1. The fourth-order valence-corrected chi connectivity index (χ4v) is 3.66. The summed E-state index contributed by atoms with van der Waals surface area (Å²) in [5, 5.41) is 3.66. The quantitative estimate of drug-likeness (QED) is 0.805. The van der Waals surface area contributed by atoms with Gasteiger partial charge in [0.15, 0.2) is 11.6 Å². The largest absolute Gasteiger partial charge is 0.494 e. The molecular weight excluding hydrogens is 327 g/mol. The number of rotatable bonds is 7. The minimum Gasteiger partial charge on any atom is -0.494 e. The van der Waals surface area contributed by atoms with Crippen LogP contribution >= 0.6 is 0 Å². The number of piperidine rings is 1. The zero-order chi connectivity index (χ0) is 18.4. The Kier molecular flexibility index (Phi) is 6.64. The molecule has 1 atom stereocenters. The number of benzene rings is 2. The van der Waals surface area contributed by atoms with Gasteiger partial charge in [0.25, 0.3) is 0 Å². The van der Waals surface area contributed by atoms with Crippen molar-refractivity contribution in [3.8, 4) is 5.75 Å². The lowest BCUT2D eigenvalue weighted by Gasteiger charge is -2.34. The Morgan fingerprint density at radius 3 is 2.54 bits per heavy atom. The van der Waals surface area contributed by atoms with Gasteiger partial charge in [0, 0.05) is 18.6 Å². The van der Waals surface area contributed by atoms with Gasteiger partial charge in [0.1, 0.15) is 0 Å². The molecule has 0 amide bonds. The molecule has 0 aromatic heterocycles. The first-order valence-electron chi connectivity index (χ1n) is 9.51. The van der Waals surface area contributed by atoms with Crippen molar-refractivity contribution in [1.82, 2.24) is 10.2 Å². The van der Waals surface area contributed by atoms with Crippen molar-refractivity contribution in [3.63, 3.8) is 0 Å². The monoisotopic (exact) mass is 356 g/mol. The van der Waals surface area contributed by atoms with E-state index in [1.165, 1.54) is 12.7 Å². The number of hydrogen-bond acceptors (Lipinski definition) is 3. The van der Waals surface area contributed by atoms with E-state index >= 15 is 0 Å². The summed E-state index contributed by atoms with van der Waals surface area (Å²) in [6, 6.07) is 16.5. The molecule has 2 aromatic carbocycles. The van der Waals surface area contributed by atoms with Crippen molar-refractivity contribution < 1.29 is 9.13 Å². The molecule has 0 radical (unpaired) electrons. The molecule has 1 unspecified atom stereocenters. The summed E-state index contributed by atoms with van der Waals surface area (Å²) in [4.78, 5) is 2.54. The number of methoxy groups -OCH3 is 1. The van der Waals surface area contributed by atoms with Gasteiger partial charge in [0.05, 0.1) is 7.11 Å². The van der Waals surface area contributed by atoms with Gasteiger partial charge in [-0.1, -0.05) is 36.4 Å². The Bertz CT molecular complexity index is 684. The van der Waals surface area contributed by atoms with Gasteiger partial charge in [-0.15, -0.1) is 0 Å². The Morgan fingerprint density at radius 1 is 1.15 bits per heavy atom. The minimum atomic E-state index is -0.297. The van der Waals surface area contributed by atoms with Crippen LogP contribution in [0.5, 0.6) is 5.75 Å². The van der Waals surface area contributed by atoms with Crippen molar-refractivity contribution in [2.75, 3.05) is 26.7 Å². The summed E-state index contributed by atoms with van der Waals surface area (Å²) >= 11 is 0. The number of ether oxygens (including phenoxy) is 1. The van der Waals surface area contributed by atoms with Gasteiger partial charge < -0.3 is 15.0 Å². The van der Waals surface area contributed by atoms with E-state index < -0.39 is 0 Å². The highest BCUT2D eigenvalue weighted by Gasteiger charge is 2.21. The molecule has 1 fully saturated rings. The summed E-state index contributed by atoms with van der Waals surface area (Å²) in [5.41, 5.74) is 2.37. The third-order valence-corrected chi connectivity index (χ3v) is 5.31. The molecule has 1 heterocycles. The lowest BCUT2D eigenvalue weighted by Crippen LogP contribution is -2.43. The Labute approximate surface area is 156 Å². The second kappa shape index (κ2) is 9.15. The fraction of sp³-hybridized carbons (Fsp3) is 0.455. The second-order valence-electron chi connectivity index (χ2n) is 7.13. The van der Waals surface area contributed by atoms with Gasteiger partial charge in [-0.2, -0.15) is 0 Å². The van der Waals surface area contributed by atoms with E-state index in [1.54, 1.807) is 12.1 Å². The lowest BCUT2D eigenvalue weighted by atomic mass is 10.0. The second-order valence-corrected chi connectivity index (χ2v) is 7.13. The number of nitrogens with one attached hydrogen (secondary N) is 1. The molecule has 0 bridgehead atoms. The molecular formula is C22H29FN2O. The summed E-state index contributed by atoms with van der Waals surface area (Å²) < 4.78 is 18.9. The van der Waals surface area contributed by atoms with Gasteiger partial charge in [0.2, 0.25) is 0 Å². The van der Waals surface area contributed by atoms with Gasteiger partial charge >= 0.3 is 0 Å². The third kappa shape index (κ3) is 5.05. The van der Waals surface area contributed by atoms with Crippen molar-refractivity contribution >= 4 is 0 Å². The molecule has 2 aromatic rings. The van der Waals surface area contributed by atoms with Gasteiger partial charge in [-0.3, -0.25) is 0 Å². The zero-order valence-electron chi connectivity index (χ0n) is 15.7. The van der Waals surface area contributed by atoms with Crippen LogP contribution in [0.1, 0.15) is 36.9 Å². The summed E-state index contributed by atoms with van der Waals surface area (Å²) in [6.07, 6.45) is 3.38. The first-order chi connectivity index (χ1) is 12.7. The SMILES string of the molecule is COc1ccc(C(C)NC2CCN(CCc3ccccc3)CC2)cc1F. The summed E-state index contributed by atoms with van der Waals surface area (Å²) in [6.45, 7) is 5.46. The lowest BCUT2D eigenvalue weighted by molar-refractivity contribution is 0.194. The first kappa shape index (κ1) is 18.9. The normalized spacial score (nSPS) is 17.2. The molecule has 26 heavy (non-hydrogen) atoms. The van der Waals surface area contributed by atoms with Crippen molar-refractivity contribution in [2.24, 2.45) is 0 Å². The van der Waals surface area contributed by atoms with Crippen molar-refractivity contribution in [3.05, 3.63) is 65.5 Å². The number of nitrogens with zero attached hydrogens (tertiary/aromatic N) is 1. The number of likely N-dealkylation sites (tertiary alicyclic amines) is 1. The zero-order valence-corrected chi connectivity index (χ0v) is 15.7. The first-order valence-corrected chi connectivity index (χ1v) is 9.51. The van der Waals surface area contributed by atoms with E-state index in [1.807, 2.05) is 6.07 Å². The minimum absolute atomic E-state index is 0.135. The van der Waals surface area contributed by atoms with E-state index in [9.17, 15) is 4.39 Å². The van der Waals surface area contributed by atoms with Crippen LogP contribution < -0.4 is 10.1 Å². The summed E-state index contributed by atoms with van der Waals surface area (Å²) in [5.74, 6) is 0.00190. The van der Waals surface area contributed by atoms with Crippen molar-refractivity contribution in [2.45, 2.75) is 38.3 Å². The Morgan fingerprint density at radius 2 is 1.88 bits per heavy atom. The van der Waals surface area contributed by atoms with Crippen LogP contribution in [-0.2, 0) is 6.42 Å². The van der Waals surface area contributed by atoms with Crippen LogP contribution in [-0.4, -0.2) is 37.7 Å². The predicted octanol–water partition coefficient (Wildman–Crippen LogP) is 4.19. The molecule has 3 rings (SSSR count). The highest BCUT2D eigenvalue weighted by atomic mass is 19.1. The average Bonchev–Trinajstić information content (AvgIpc) is 2.68. The molecule has 3 nitrogen and oxygen atoms in total. The molecule has 0 aliphatic carbocycles. The van der Waals surface area contributed by atoms with Crippen LogP contribution in [0.15, 0.2) is 48.5 Å². The van der Waals surface area contributed by atoms with E-state index in [0.717, 1.165) is 44.5 Å². The van der Waals surface area contributed by atoms with Crippen LogP contribution in [0.2, 0.25) is 0 Å². The van der Waals surface area contributed by atoms with Crippen LogP contribution in [0.3, 0.4) is 0 Å². The molecule has 1 saturated heterocycles. The molecule has 1 aliphatic rings. The highest BCUT2D eigenvalue weighted by Crippen LogP contribution is 2.23. The van der Waals surface area contributed by atoms with E-state index in [0.29, 0.717) is 11.8 Å². The maximum Gasteiger partial charge on any atom is 0.165 e. The number of hydrogen-bond donors (Lipinski definition) is 1. The van der Waals surface area contributed by atoms with Gasteiger partial charge in [-0.25, -0.2) is 4.39 Å². The molecule has 1 aliphatic heterocycles. The molecule has 1 N–H and O–H groups in total. The van der Waals surface area contributed by atoms with E-state index in [4.69, 9.17) is 4.74 Å². The average molecular weight is 356 g/mol. The maximum atomic E-state index is 13.9. The highest BCUT2D eigenvalue weighted by molar-refractivity contribution is 5.30. The third-order valence-electron chi connectivity index (χ3n) is 5.31. The molecule has 4 heteroatoms. The van der Waals surface area contributed by atoms with Crippen molar-refractivity contribution in [1.29, 1.82) is 0 Å². The van der Waals surface area contributed by atoms with E-state index in [-0.39, 0.29) is 11.9 Å². The molecule has 140 valence electrons. The predicted molar refractivity (Wildman–Crippen MR) is 104 cm³/mol. The van der Waals surface area contributed by atoms with Gasteiger partial charge in [-0.05, 0) is 62.5 Å². The topological polar surface area (TPSA) is 24.5 Å². The Hall–Kier alpha value is -1.91. The van der Waals surface area contributed by atoms with E-state index in [2.05, 4.69) is 47.5 Å². The van der Waals surface area contributed by atoms with Crippen LogP contribution in [0.25, 0.3) is 0 Å². The maximum absolute atomic E-state index is 13.9. The molecule has 0 spiro atoms. The van der Waals surface area contributed by atoms with Crippen LogP contribution in [0, 0.1) is 5.82 Å². The smallest absolute Gasteiger partial charge is 0.165 e. The fourth-order valence-electron chi connectivity index (χ4n) is 3.66. The van der Waals surface area contributed by atoms with Crippen LogP contribution in [0.4, 0.5) is 4.39 Å². The molecule has 0 saturated carbocycles.